The highest BCUT2D eigenvalue weighted by Crippen LogP contribution is 2.26. The van der Waals surface area contributed by atoms with Crippen LogP contribution >= 0.6 is 11.6 Å². The molecule has 0 saturated carbocycles. The number of benzene rings is 1. The van der Waals surface area contributed by atoms with E-state index in [-0.39, 0.29) is 22.8 Å². The highest BCUT2D eigenvalue weighted by Gasteiger charge is 2.34. The molecule has 19 heavy (non-hydrogen) atoms. The summed E-state index contributed by atoms with van der Waals surface area (Å²) in [5.74, 6) is -0.188. The summed E-state index contributed by atoms with van der Waals surface area (Å²) < 4.78 is 0. The average Bonchev–Trinajstić information content (AvgIpc) is 2.35. The number of aromatic hydroxyl groups is 1. The van der Waals surface area contributed by atoms with Gasteiger partial charge in [0.05, 0.1) is 5.56 Å². The minimum atomic E-state index is -0.166. The number of nitrogens with zero attached hydrogens (tertiary/aromatic N) is 2. The number of hydrogen-bond donors (Lipinski definition) is 1. The Morgan fingerprint density at radius 2 is 2.05 bits per heavy atom. The maximum Gasteiger partial charge on any atom is 0.257 e. The number of likely N-dealkylation sites (N-methyl/N-ethyl adjacent to an activating group) is 1. The van der Waals surface area contributed by atoms with Crippen molar-refractivity contribution in [2.45, 2.75) is 19.4 Å². The Morgan fingerprint density at radius 1 is 1.37 bits per heavy atom. The van der Waals surface area contributed by atoms with Gasteiger partial charge in [-0.05, 0) is 39.1 Å². The Morgan fingerprint density at radius 3 is 2.68 bits per heavy atom. The van der Waals surface area contributed by atoms with Gasteiger partial charge in [-0.2, -0.15) is 0 Å². The molecule has 0 aliphatic carbocycles. The van der Waals surface area contributed by atoms with E-state index in [0.717, 1.165) is 6.54 Å². The van der Waals surface area contributed by atoms with E-state index >= 15 is 0 Å². The third kappa shape index (κ3) is 2.85. The van der Waals surface area contributed by atoms with E-state index in [1.165, 1.54) is 12.1 Å². The predicted octanol–water partition coefficient (Wildman–Crippen LogP) is 2.21. The summed E-state index contributed by atoms with van der Waals surface area (Å²) in [5.41, 5.74) is 0.204. The molecular formula is C14H19ClN2O2. The topological polar surface area (TPSA) is 43.8 Å². The molecule has 2 rings (SSSR count). The summed E-state index contributed by atoms with van der Waals surface area (Å²) in [6.45, 7) is 6.31. The van der Waals surface area contributed by atoms with Crippen LogP contribution in [0.1, 0.15) is 24.2 Å². The number of amides is 1. The second-order valence-electron chi connectivity index (χ2n) is 5.62. The van der Waals surface area contributed by atoms with E-state index in [9.17, 15) is 9.90 Å². The highest BCUT2D eigenvalue weighted by molar-refractivity contribution is 6.31. The Kier molecular flexibility index (Phi) is 3.74. The van der Waals surface area contributed by atoms with E-state index < -0.39 is 0 Å². The van der Waals surface area contributed by atoms with E-state index in [4.69, 9.17) is 11.6 Å². The number of carbonyl (C=O) groups is 1. The summed E-state index contributed by atoms with van der Waals surface area (Å²) in [5, 5.41) is 10.3. The van der Waals surface area contributed by atoms with Gasteiger partial charge in [-0.3, -0.25) is 9.69 Å². The van der Waals surface area contributed by atoms with Crippen LogP contribution < -0.4 is 0 Å². The molecule has 1 heterocycles. The fourth-order valence-corrected chi connectivity index (χ4v) is 2.44. The summed E-state index contributed by atoms with van der Waals surface area (Å²) >= 11 is 5.89. The van der Waals surface area contributed by atoms with Crippen LogP contribution in [0.25, 0.3) is 0 Å². The first kappa shape index (κ1) is 14.2. The first-order valence-corrected chi connectivity index (χ1v) is 6.68. The summed E-state index contributed by atoms with van der Waals surface area (Å²) in [4.78, 5) is 16.5. The fraction of sp³-hybridized carbons (Fsp3) is 0.500. The van der Waals surface area contributed by atoms with Crippen molar-refractivity contribution in [3.05, 3.63) is 28.8 Å². The third-order valence-electron chi connectivity index (χ3n) is 3.79. The lowest BCUT2D eigenvalue weighted by Crippen LogP contribution is -2.58. The maximum atomic E-state index is 12.5. The van der Waals surface area contributed by atoms with Crippen LogP contribution in [0, 0.1) is 0 Å². The average molecular weight is 283 g/mol. The van der Waals surface area contributed by atoms with Crippen molar-refractivity contribution in [3.63, 3.8) is 0 Å². The first-order valence-electron chi connectivity index (χ1n) is 6.30. The number of hydrogen-bond acceptors (Lipinski definition) is 3. The van der Waals surface area contributed by atoms with Crippen molar-refractivity contribution in [1.29, 1.82) is 0 Å². The molecule has 1 aliphatic rings. The van der Waals surface area contributed by atoms with Gasteiger partial charge >= 0.3 is 0 Å². The smallest absolute Gasteiger partial charge is 0.257 e. The minimum Gasteiger partial charge on any atom is -0.507 e. The third-order valence-corrected chi connectivity index (χ3v) is 4.03. The second-order valence-corrected chi connectivity index (χ2v) is 6.06. The van der Waals surface area contributed by atoms with E-state index in [1.807, 2.05) is 0 Å². The molecule has 1 aliphatic heterocycles. The molecule has 0 radical (unpaired) electrons. The largest absolute Gasteiger partial charge is 0.507 e. The van der Waals surface area contributed by atoms with Gasteiger partial charge in [0.15, 0.2) is 0 Å². The molecule has 1 aromatic carbocycles. The van der Waals surface area contributed by atoms with Crippen molar-refractivity contribution < 1.29 is 9.90 Å². The molecule has 0 spiro atoms. The standard InChI is InChI=1S/C14H19ClN2O2/c1-14(2)9-17(7-6-16(14)3)13(19)11-8-10(15)4-5-12(11)18/h4-5,8,18H,6-7,9H2,1-3H3. The Hall–Kier alpha value is -1.26. The van der Waals surface area contributed by atoms with Crippen molar-refractivity contribution >= 4 is 17.5 Å². The quantitative estimate of drug-likeness (QED) is 0.859. The molecule has 4 nitrogen and oxygen atoms in total. The van der Waals surface area contributed by atoms with Gasteiger partial charge in [0, 0.05) is 30.2 Å². The van der Waals surface area contributed by atoms with Crippen LogP contribution in [0.15, 0.2) is 18.2 Å². The van der Waals surface area contributed by atoms with Gasteiger partial charge in [0.1, 0.15) is 5.75 Å². The molecular weight excluding hydrogens is 264 g/mol. The lowest BCUT2D eigenvalue weighted by molar-refractivity contribution is 0.0309. The molecule has 0 aromatic heterocycles. The SMILES string of the molecule is CN1CCN(C(=O)c2cc(Cl)ccc2O)CC1(C)C. The zero-order valence-electron chi connectivity index (χ0n) is 11.5. The summed E-state index contributed by atoms with van der Waals surface area (Å²) in [6, 6.07) is 4.54. The number of rotatable bonds is 1. The Balaban J connectivity index is 2.23. The van der Waals surface area contributed by atoms with E-state index in [0.29, 0.717) is 18.1 Å². The highest BCUT2D eigenvalue weighted by atomic mass is 35.5. The maximum absolute atomic E-state index is 12.5. The summed E-state index contributed by atoms with van der Waals surface area (Å²) in [6.07, 6.45) is 0. The van der Waals surface area contributed by atoms with Crippen LogP contribution in [0.3, 0.4) is 0 Å². The van der Waals surface area contributed by atoms with Crippen molar-refractivity contribution in [2.24, 2.45) is 0 Å². The van der Waals surface area contributed by atoms with Gasteiger partial charge in [-0.1, -0.05) is 11.6 Å². The molecule has 0 atom stereocenters. The normalized spacial score (nSPS) is 19.5. The lowest BCUT2D eigenvalue weighted by Gasteiger charge is -2.45. The molecule has 1 fully saturated rings. The Bertz CT molecular complexity index is 502. The zero-order valence-corrected chi connectivity index (χ0v) is 12.2. The zero-order chi connectivity index (χ0) is 14.2. The van der Waals surface area contributed by atoms with Crippen molar-refractivity contribution in [3.8, 4) is 5.75 Å². The molecule has 0 bridgehead atoms. The molecule has 1 aromatic rings. The molecule has 5 heteroatoms. The van der Waals surface area contributed by atoms with Crippen molar-refractivity contribution in [1.82, 2.24) is 9.80 Å². The van der Waals surface area contributed by atoms with Gasteiger partial charge in [0.25, 0.3) is 5.91 Å². The molecule has 104 valence electrons. The first-order chi connectivity index (χ1) is 8.81. The monoisotopic (exact) mass is 282 g/mol. The summed E-state index contributed by atoms with van der Waals surface area (Å²) in [7, 11) is 2.05. The fourth-order valence-electron chi connectivity index (χ4n) is 2.26. The molecule has 1 saturated heterocycles. The van der Waals surface area contributed by atoms with E-state index in [1.54, 1.807) is 11.0 Å². The molecule has 1 amide bonds. The van der Waals surface area contributed by atoms with Crippen molar-refractivity contribution in [2.75, 3.05) is 26.7 Å². The van der Waals surface area contributed by atoms with Crippen LogP contribution in [0.4, 0.5) is 0 Å². The lowest BCUT2D eigenvalue weighted by atomic mass is 9.99. The number of phenolic OH excluding ortho intramolecular Hbond substituents is 1. The number of carbonyl (C=O) groups excluding carboxylic acids is 1. The second kappa shape index (κ2) is 5.02. The van der Waals surface area contributed by atoms with Crippen LogP contribution in [0.2, 0.25) is 5.02 Å². The number of halogens is 1. The van der Waals surface area contributed by atoms with E-state index in [2.05, 4.69) is 25.8 Å². The molecule has 0 unspecified atom stereocenters. The minimum absolute atomic E-state index is 0.0221. The Labute approximate surface area is 118 Å². The van der Waals surface area contributed by atoms with Crippen LogP contribution in [-0.4, -0.2) is 53.0 Å². The van der Waals surface area contributed by atoms with Gasteiger partial charge in [-0.15, -0.1) is 0 Å². The van der Waals surface area contributed by atoms with Gasteiger partial charge in [-0.25, -0.2) is 0 Å². The molecule has 1 N–H and O–H groups in total. The number of piperazine rings is 1. The van der Waals surface area contributed by atoms with Gasteiger partial charge in [0.2, 0.25) is 0 Å². The van der Waals surface area contributed by atoms with Crippen LogP contribution in [0.5, 0.6) is 5.75 Å². The van der Waals surface area contributed by atoms with Gasteiger partial charge < -0.3 is 10.0 Å². The number of phenols is 1. The predicted molar refractivity (Wildman–Crippen MR) is 75.7 cm³/mol. The van der Waals surface area contributed by atoms with Crippen LogP contribution in [-0.2, 0) is 0 Å².